The molecule has 3 aromatic carbocycles. The van der Waals surface area contributed by atoms with Gasteiger partial charge in [-0.25, -0.2) is 14.8 Å². The second-order valence-electron chi connectivity index (χ2n) is 12.8. The van der Waals surface area contributed by atoms with Crippen LogP contribution in [0.15, 0.2) is 83.9 Å². The Morgan fingerprint density at radius 2 is 1.87 bits per heavy atom. The number of carbonyl (C=O) groups excluding carboxylic acids is 1. The second kappa shape index (κ2) is 13.4. The van der Waals surface area contributed by atoms with Crippen molar-refractivity contribution in [2.24, 2.45) is 10.4 Å². The Morgan fingerprint density at radius 3 is 2.64 bits per heavy atom. The number of methoxy groups -OCH3 is 1. The van der Waals surface area contributed by atoms with Crippen LogP contribution >= 0.6 is 23.4 Å². The number of aliphatic imine (C=N–C) groups is 1. The van der Waals surface area contributed by atoms with Gasteiger partial charge in [0, 0.05) is 27.8 Å². The molecule has 7 heteroatoms. The number of benzene rings is 3. The minimum Gasteiger partial charge on any atom is -0.478 e. The average molecular weight is 639 g/mol. The molecule has 1 aliphatic carbocycles. The number of pyridine rings is 1. The number of esters is 1. The number of fused-ring (bicyclic) bond motifs is 1. The van der Waals surface area contributed by atoms with E-state index in [1.807, 2.05) is 60.3 Å². The van der Waals surface area contributed by atoms with Crippen molar-refractivity contribution in [2.45, 2.75) is 56.7 Å². The maximum Gasteiger partial charge on any atom is 0.338 e. The molecule has 0 saturated heterocycles. The predicted octanol–water partition coefficient (Wildman–Crippen LogP) is 9.63. The molecule has 1 atom stereocenters. The van der Waals surface area contributed by atoms with Crippen molar-refractivity contribution in [1.82, 2.24) is 4.98 Å². The van der Waals surface area contributed by atoms with Crippen LogP contribution in [-0.2, 0) is 15.9 Å². The zero-order valence-electron chi connectivity index (χ0n) is 26.1. The normalized spacial score (nSPS) is 17.2. The van der Waals surface area contributed by atoms with Gasteiger partial charge in [0.15, 0.2) is 5.90 Å². The maximum absolute atomic E-state index is 12.5. The first-order valence-corrected chi connectivity index (χ1v) is 17.0. The Bertz CT molecular complexity index is 1760. The fourth-order valence-corrected chi connectivity index (χ4v) is 7.56. The lowest BCUT2D eigenvalue weighted by molar-refractivity contribution is 0.0599. The van der Waals surface area contributed by atoms with Crippen molar-refractivity contribution in [3.8, 4) is 0 Å². The van der Waals surface area contributed by atoms with Gasteiger partial charge in [-0.05, 0) is 92.0 Å². The predicted molar refractivity (Wildman–Crippen MR) is 187 cm³/mol. The van der Waals surface area contributed by atoms with Crippen LogP contribution in [0.4, 0.5) is 0 Å². The fraction of sp³-hybridized carbons (Fsp3) is 0.342. The van der Waals surface area contributed by atoms with Crippen LogP contribution in [0.1, 0.15) is 77.5 Å². The topological polar surface area (TPSA) is 60.8 Å². The van der Waals surface area contributed by atoms with Gasteiger partial charge in [-0.15, -0.1) is 0 Å². The number of thioether (sulfide) groups is 1. The summed E-state index contributed by atoms with van der Waals surface area (Å²) in [4.78, 5) is 22.1. The van der Waals surface area contributed by atoms with E-state index in [0.717, 1.165) is 58.6 Å². The van der Waals surface area contributed by atoms with Crippen molar-refractivity contribution in [2.75, 3.05) is 19.5 Å². The molecule has 2 heterocycles. The lowest BCUT2D eigenvalue weighted by Crippen LogP contribution is -2.17. The number of carbonyl (C=O) groups is 1. The summed E-state index contributed by atoms with van der Waals surface area (Å²) in [7, 11) is 1.44. The minimum absolute atomic E-state index is 0.127. The molecule has 0 N–H and O–H groups in total. The van der Waals surface area contributed by atoms with Crippen LogP contribution in [0.3, 0.4) is 0 Å². The molecule has 6 rings (SSSR count). The van der Waals surface area contributed by atoms with Gasteiger partial charge in [0.05, 0.1) is 29.4 Å². The SMILES string of the molecule is COC(=O)c1ccccc1CC[C@@H](SCC1(CC2=NC(C)(C)CO2)CC1)c1cccc(/C=C/c2ccc3ccc(Cl)cc3n2)c1. The second-order valence-corrected chi connectivity index (χ2v) is 14.5. The summed E-state index contributed by atoms with van der Waals surface area (Å²) in [6.45, 7) is 4.92. The van der Waals surface area contributed by atoms with Gasteiger partial charge in [-0.3, -0.25) is 0 Å². The Labute approximate surface area is 275 Å². The van der Waals surface area contributed by atoms with Crippen LogP contribution in [0.25, 0.3) is 23.1 Å². The van der Waals surface area contributed by atoms with E-state index < -0.39 is 0 Å². The molecule has 4 aromatic rings. The maximum atomic E-state index is 12.5. The summed E-state index contributed by atoms with van der Waals surface area (Å²) in [6, 6.07) is 26.4. The average Bonchev–Trinajstić information content (AvgIpc) is 3.72. The number of hydrogen-bond acceptors (Lipinski definition) is 6. The number of halogens is 1. The van der Waals surface area contributed by atoms with Gasteiger partial charge in [0.25, 0.3) is 0 Å². The molecule has 0 bridgehead atoms. The minimum atomic E-state index is -0.288. The van der Waals surface area contributed by atoms with Crippen molar-refractivity contribution in [1.29, 1.82) is 0 Å². The molecule has 0 spiro atoms. The number of aryl methyl sites for hydroxylation is 1. The standard InChI is InChI=1S/C38H39ClN2O3S/c1-37(2)24-44-35(41-37)23-38(19-20-38)25-45-34(18-14-27-8-4-5-10-32(27)36(42)43-3)29-9-6-7-26(21-29)11-16-31-17-13-28-12-15-30(39)22-33(28)40-31/h4-13,15-17,21-22,34H,14,18-20,23-25H2,1-3H3/b16-11+/t34-/m1/s1. The molecule has 1 saturated carbocycles. The van der Waals surface area contributed by atoms with E-state index in [2.05, 4.69) is 56.3 Å². The van der Waals surface area contributed by atoms with Gasteiger partial charge in [0.2, 0.25) is 0 Å². The molecule has 1 aliphatic heterocycles. The van der Waals surface area contributed by atoms with Crippen molar-refractivity contribution < 1.29 is 14.3 Å². The fourth-order valence-electron chi connectivity index (χ4n) is 5.82. The van der Waals surface area contributed by atoms with E-state index in [4.69, 9.17) is 31.1 Å². The molecular formula is C38H39ClN2O3S. The van der Waals surface area contributed by atoms with E-state index >= 15 is 0 Å². The number of aromatic nitrogens is 1. The monoisotopic (exact) mass is 638 g/mol. The molecule has 1 aromatic heterocycles. The third kappa shape index (κ3) is 7.98. The summed E-state index contributed by atoms with van der Waals surface area (Å²) in [6.07, 6.45) is 9.17. The number of ether oxygens (including phenoxy) is 2. The Kier molecular flexibility index (Phi) is 9.34. The third-order valence-electron chi connectivity index (χ3n) is 8.60. The van der Waals surface area contributed by atoms with Crippen LogP contribution in [0.2, 0.25) is 5.02 Å². The van der Waals surface area contributed by atoms with E-state index in [1.165, 1.54) is 25.5 Å². The molecule has 1 fully saturated rings. The van der Waals surface area contributed by atoms with Gasteiger partial charge >= 0.3 is 5.97 Å². The lowest BCUT2D eigenvalue weighted by atomic mass is 9.98. The van der Waals surface area contributed by atoms with Crippen LogP contribution in [-0.4, -0.2) is 41.9 Å². The van der Waals surface area contributed by atoms with E-state index in [9.17, 15) is 4.79 Å². The quantitative estimate of drug-likeness (QED) is 0.145. The first-order valence-electron chi connectivity index (χ1n) is 15.5. The van der Waals surface area contributed by atoms with Crippen molar-refractivity contribution in [3.63, 3.8) is 0 Å². The van der Waals surface area contributed by atoms with Crippen LogP contribution in [0.5, 0.6) is 0 Å². The molecule has 232 valence electrons. The van der Waals surface area contributed by atoms with E-state index in [-0.39, 0.29) is 22.2 Å². The Balaban J connectivity index is 1.22. The van der Waals surface area contributed by atoms with Crippen LogP contribution in [0, 0.1) is 5.41 Å². The summed E-state index contributed by atoms with van der Waals surface area (Å²) >= 11 is 8.22. The highest BCUT2D eigenvalue weighted by Crippen LogP contribution is 2.54. The first kappa shape index (κ1) is 31.4. The zero-order valence-corrected chi connectivity index (χ0v) is 27.7. The first-order chi connectivity index (χ1) is 21.7. The number of nitrogens with zero attached hydrogens (tertiary/aromatic N) is 2. The number of hydrogen-bond donors (Lipinski definition) is 0. The van der Waals surface area contributed by atoms with Gasteiger partial charge in [0.1, 0.15) is 6.61 Å². The number of rotatable bonds is 12. The largest absolute Gasteiger partial charge is 0.478 e. The summed E-state index contributed by atoms with van der Waals surface area (Å²) in [5, 5.41) is 2.00. The zero-order chi connectivity index (χ0) is 31.4. The van der Waals surface area contributed by atoms with E-state index in [0.29, 0.717) is 17.2 Å². The molecular weight excluding hydrogens is 600 g/mol. The highest BCUT2D eigenvalue weighted by atomic mass is 35.5. The summed E-state index contributed by atoms with van der Waals surface area (Å²) in [5.41, 5.74) is 5.95. The van der Waals surface area contributed by atoms with Gasteiger partial charge < -0.3 is 9.47 Å². The third-order valence-corrected chi connectivity index (χ3v) is 10.5. The molecule has 45 heavy (non-hydrogen) atoms. The van der Waals surface area contributed by atoms with E-state index in [1.54, 1.807) is 0 Å². The highest BCUT2D eigenvalue weighted by molar-refractivity contribution is 7.99. The van der Waals surface area contributed by atoms with Crippen molar-refractivity contribution >= 4 is 58.3 Å². The molecule has 5 nitrogen and oxygen atoms in total. The summed E-state index contributed by atoms with van der Waals surface area (Å²) in [5.74, 6) is 1.67. The highest BCUT2D eigenvalue weighted by Gasteiger charge is 2.45. The Morgan fingerprint density at radius 1 is 1.04 bits per heavy atom. The van der Waals surface area contributed by atoms with Gasteiger partial charge in [-0.1, -0.05) is 72.3 Å². The lowest BCUT2D eigenvalue weighted by Gasteiger charge is -2.22. The Hall–Kier alpha value is -3.61. The molecule has 0 amide bonds. The van der Waals surface area contributed by atoms with Gasteiger partial charge in [-0.2, -0.15) is 11.8 Å². The van der Waals surface area contributed by atoms with Crippen LogP contribution < -0.4 is 0 Å². The van der Waals surface area contributed by atoms with Crippen molar-refractivity contribution in [3.05, 3.63) is 112 Å². The summed E-state index contributed by atoms with van der Waals surface area (Å²) < 4.78 is 11.0. The molecule has 0 unspecified atom stereocenters. The molecule has 0 radical (unpaired) electrons. The smallest absolute Gasteiger partial charge is 0.338 e. The molecule has 2 aliphatic rings.